The highest BCUT2D eigenvalue weighted by molar-refractivity contribution is 5.85. The molecule has 2 aromatic rings. The van der Waals surface area contributed by atoms with E-state index in [-0.39, 0.29) is 30.8 Å². The van der Waals surface area contributed by atoms with Crippen molar-refractivity contribution in [1.29, 1.82) is 0 Å². The number of halogens is 1. The van der Waals surface area contributed by atoms with E-state index in [2.05, 4.69) is 5.32 Å². The number of amides is 1. The Morgan fingerprint density at radius 1 is 1.12 bits per heavy atom. The Kier molecular flexibility index (Phi) is 9.62. The number of hydrogen-bond acceptors (Lipinski definition) is 4. The quantitative estimate of drug-likeness (QED) is 0.671. The van der Waals surface area contributed by atoms with Gasteiger partial charge in [-0.15, -0.1) is 12.4 Å². The van der Waals surface area contributed by atoms with Gasteiger partial charge in [0.05, 0.1) is 6.61 Å². The van der Waals surface area contributed by atoms with Gasteiger partial charge >= 0.3 is 0 Å². The summed E-state index contributed by atoms with van der Waals surface area (Å²) in [5.74, 6) is 0.692. The maximum atomic E-state index is 12.1. The Labute approximate surface area is 154 Å². The van der Waals surface area contributed by atoms with Gasteiger partial charge in [0.1, 0.15) is 12.4 Å². The van der Waals surface area contributed by atoms with Gasteiger partial charge in [-0.3, -0.25) is 4.79 Å². The van der Waals surface area contributed by atoms with Crippen LogP contribution in [0, 0.1) is 0 Å². The Hall–Kier alpha value is -2.08. The second kappa shape index (κ2) is 11.5. The Morgan fingerprint density at radius 2 is 1.88 bits per heavy atom. The highest BCUT2D eigenvalue weighted by atomic mass is 35.5. The van der Waals surface area contributed by atoms with Crippen molar-refractivity contribution in [3.05, 3.63) is 65.7 Å². The second-order valence-corrected chi connectivity index (χ2v) is 5.49. The molecule has 3 N–H and O–H groups in total. The fourth-order valence-corrected chi connectivity index (χ4v) is 2.28. The molecule has 0 fully saturated rings. The molecule has 5 nitrogen and oxygen atoms in total. The second-order valence-electron chi connectivity index (χ2n) is 5.49. The zero-order valence-electron chi connectivity index (χ0n) is 14.3. The molecular formula is C19H25ClN2O3. The largest absolute Gasteiger partial charge is 0.491 e. The number of carbonyl (C=O) groups excluding carboxylic acids is 1. The molecule has 2 rings (SSSR count). The lowest BCUT2D eigenvalue weighted by Gasteiger charge is -2.12. The normalized spacial score (nSPS) is 11.3. The maximum absolute atomic E-state index is 12.1. The van der Waals surface area contributed by atoms with E-state index >= 15 is 0 Å². The van der Waals surface area contributed by atoms with Crippen LogP contribution in [0.3, 0.4) is 0 Å². The first-order chi connectivity index (χ1) is 11.7. The van der Waals surface area contributed by atoms with Crippen LogP contribution in [0.4, 0.5) is 0 Å². The molecule has 6 heteroatoms. The molecule has 0 heterocycles. The molecule has 1 unspecified atom stereocenters. The first-order valence-corrected chi connectivity index (χ1v) is 7.97. The van der Waals surface area contributed by atoms with E-state index in [9.17, 15) is 4.79 Å². The minimum atomic E-state index is -0.296. The number of rotatable bonds is 9. The fourth-order valence-electron chi connectivity index (χ4n) is 2.28. The number of benzene rings is 2. The Morgan fingerprint density at radius 3 is 2.60 bits per heavy atom. The molecule has 1 amide bonds. The molecular weight excluding hydrogens is 340 g/mol. The minimum absolute atomic E-state index is 0. The number of nitrogens with two attached hydrogens (primary N) is 1. The summed E-state index contributed by atoms with van der Waals surface area (Å²) in [5.41, 5.74) is 8.00. The van der Waals surface area contributed by atoms with Crippen LogP contribution in [0.25, 0.3) is 0 Å². The van der Waals surface area contributed by atoms with Crippen LogP contribution < -0.4 is 15.8 Å². The average Bonchev–Trinajstić information content (AvgIpc) is 2.61. The van der Waals surface area contributed by atoms with Crippen molar-refractivity contribution in [2.75, 3.05) is 20.3 Å². The van der Waals surface area contributed by atoms with Crippen molar-refractivity contribution in [1.82, 2.24) is 5.32 Å². The van der Waals surface area contributed by atoms with Gasteiger partial charge < -0.3 is 20.5 Å². The first-order valence-electron chi connectivity index (χ1n) is 7.97. The van der Waals surface area contributed by atoms with E-state index in [1.807, 2.05) is 54.6 Å². The molecule has 25 heavy (non-hydrogen) atoms. The van der Waals surface area contributed by atoms with Crippen molar-refractivity contribution in [3.8, 4) is 5.75 Å². The van der Waals surface area contributed by atoms with Gasteiger partial charge in [0.15, 0.2) is 0 Å². The lowest BCUT2D eigenvalue weighted by Crippen LogP contribution is -2.27. The van der Waals surface area contributed by atoms with E-state index in [1.54, 1.807) is 7.11 Å². The molecule has 0 aliphatic rings. The summed E-state index contributed by atoms with van der Waals surface area (Å²) < 4.78 is 10.5. The third-order valence-electron chi connectivity index (χ3n) is 3.58. The van der Waals surface area contributed by atoms with Crippen LogP contribution in [-0.2, 0) is 16.1 Å². The van der Waals surface area contributed by atoms with E-state index in [4.69, 9.17) is 15.2 Å². The number of nitrogens with one attached hydrogen (secondary N) is 1. The van der Waals surface area contributed by atoms with Crippen molar-refractivity contribution in [2.45, 2.75) is 19.0 Å². The van der Waals surface area contributed by atoms with Gasteiger partial charge in [-0.05, 0) is 23.3 Å². The van der Waals surface area contributed by atoms with Gasteiger partial charge in [-0.2, -0.15) is 0 Å². The Balaban J connectivity index is 0.00000312. The van der Waals surface area contributed by atoms with Crippen LogP contribution in [0.1, 0.15) is 23.6 Å². The van der Waals surface area contributed by atoms with Crippen molar-refractivity contribution >= 4 is 18.3 Å². The first kappa shape index (κ1) is 21.0. The molecule has 0 aromatic heterocycles. The zero-order chi connectivity index (χ0) is 17.2. The van der Waals surface area contributed by atoms with Gasteiger partial charge in [0.25, 0.3) is 0 Å². The molecule has 0 aliphatic carbocycles. The number of methoxy groups -OCH3 is 1. The summed E-state index contributed by atoms with van der Waals surface area (Å²) in [6.45, 7) is 1.48. The smallest absolute Gasteiger partial charge is 0.222 e. The van der Waals surface area contributed by atoms with E-state index in [0.29, 0.717) is 19.8 Å². The predicted octanol–water partition coefficient (Wildman–Crippen LogP) is 2.84. The lowest BCUT2D eigenvalue weighted by atomic mass is 10.0. The number of hydrogen-bond donors (Lipinski definition) is 2. The summed E-state index contributed by atoms with van der Waals surface area (Å²) >= 11 is 0. The van der Waals surface area contributed by atoms with Crippen LogP contribution >= 0.6 is 12.4 Å². The fraction of sp³-hybridized carbons (Fsp3) is 0.316. The summed E-state index contributed by atoms with van der Waals surface area (Å²) in [5, 5.41) is 2.89. The van der Waals surface area contributed by atoms with Crippen LogP contribution in [0.2, 0.25) is 0 Å². The van der Waals surface area contributed by atoms with Crippen LogP contribution in [0.5, 0.6) is 5.75 Å². The lowest BCUT2D eigenvalue weighted by molar-refractivity contribution is -0.121. The van der Waals surface area contributed by atoms with E-state index in [0.717, 1.165) is 16.9 Å². The summed E-state index contributed by atoms with van der Waals surface area (Å²) in [7, 11) is 1.63. The Bertz CT molecular complexity index is 638. The number of ether oxygens (including phenoxy) is 2. The molecule has 0 saturated heterocycles. The molecule has 0 spiro atoms. The molecule has 2 aromatic carbocycles. The monoisotopic (exact) mass is 364 g/mol. The molecule has 0 saturated carbocycles. The van der Waals surface area contributed by atoms with Gasteiger partial charge in [-0.1, -0.05) is 42.5 Å². The summed E-state index contributed by atoms with van der Waals surface area (Å²) in [6, 6.07) is 17.0. The van der Waals surface area contributed by atoms with E-state index in [1.165, 1.54) is 0 Å². The highest BCUT2D eigenvalue weighted by Gasteiger charge is 2.11. The van der Waals surface area contributed by atoms with Crippen molar-refractivity contribution < 1.29 is 14.3 Å². The van der Waals surface area contributed by atoms with Crippen molar-refractivity contribution in [3.63, 3.8) is 0 Å². The van der Waals surface area contributed by atoms with Gasteiger partial charge in [0.2, 0.25) is 5.91 Å². The maximum Gasteiger partial charge on any atom is 0.222 e. The highest BCUT2D eigenvalue weighted by Crippen LogP contribution is 2.15. The SMILES string of the molecule is COCCOc1cccc(CNC(=O)CC(N)c2ccccc2)c1.Cl. The number of carbonyl (C=O) groups is 1. The molecule has 0 aliphatic heterocycles. The van der Waals surface area contributed by atoms with Crippen molar-refractivity contribution in [2.24, 2.45) is 5.73 Å². The van der Waals surface area contributed by atoms with Crippen LogP contribution in [-0.4, -0.2) is 26.2 Å². The minimum Gasteiger partial charge on any atom is -0.491 e. The summed E-state index contributed by atoms with van der Waals surface area (Å²) in [4.78, 5) is 12.1. The average molecular weight is 365 g/mol. The third kappa shape index (κ3) is 7.56. The zero-order valence-corrected chi connectivity index (χ0v) is 15.1. The van der Waals surface area contributed by atoms with E-state index < -0.39 is 0 Å². The molecule has 0 radical (unpaired) electrons. The standard InChI is InChI=1S/C19H24N2O3.ClH/c1-23-10-11-24-17-9-5-6-15(12-17)14-21-19(22)13-18(20)16-7-3-2-4-8-16;/h2-9,12,18H,10-11,13-14,20H2,1H3,(H,21,22);1H. The third-order valence-corrected chi connectivity index (χ3v) is 3.58. The van der Waals surface area contributed by atoms with Gasteiger partial charge in [0, 0.05) is 26.1 Å². The molecule has 0 bridgehead atoms. The summed E-state index contributed by atoms with van der Waals surface area (Å²) in [6.07, 6.45) is 0.258. The molecule has 1 atom stereocenters. The van der Waals surface area contributed by atoms with Gasteiger partial charge in [-0.25, -0.2) is 0 Å². The molecule has 136 valence electrons. The predicted molar refractivity (Wildman–Crippen MR) is 101 cm³/mol. The van der Waals surface area contributed by atoms with Crippen LogP contribution in [0.15, 0.2) is 54.6 Å². The topological polar surface area (TPSA) is 73.6 Å².